The molecular weight excluding hydrogens is 364 g/mol. The molecule has 5 nitrogen and oxygen atoms in total. The summed E-state index contributed by atoms with van der Waals surface area (Å²) in [5.74, 6) is -0.549. The van der Waals surface area contributed by atoms with Crippen LogP contribution in [0, 0.1) is 0 Å². The third-order valence-corrected chi connectivity index (χ3v) is 5.53. The van der Waals surface area contributed by atoms with Crippen molar-refractivity contribution >= 4 is 28.8 Å². The number of fused-ring (bicyclic) bond motifs is 4. The minimum Gasteiger partial charge on any atom is -0.360 e. The molecule has 29 heavy (non-hydrogen) atoms. The van der Waals surface area contributed by atoms with Gasteiger partial charge in [0, 0.05) is 22.3 Å². The SMILES string of the molecule is CC1(C)Nc2c(ccc3c2C(=O)c2ccccc2C3=O)N1C(=O)c1ccccc1. The molecule has 0 spiro atoms. The minimum absolute atomic E-state index is 0.170. The van der Waals surface area contributed by atoms with Crippen molar-refractivity contribution in [3.8, 4) is 0 Å². The average Bonchev–Trinajstić information content (AvgIpc) is 3.01. The smallest absolute Gasteiger partial charge is 0.260 e. The van der Waals surface area contributed by atoms with Crippen molar-refractivity contribution in [3.05, 3.63) is 94.5 Å². The van der Waals surface area contributed by atoms with E-state index in [1.165, 1.54) is 0 Å². The Balaban J connectivity index is 1.70. The first kappa shape index (κ1) is 17.4. The summed E-state index contributed by atoms with van der Waals surface area (Å²) in [7, 11) is 0. The molecule has 0 aromatic heterocycles. The minimum atomic E-state index is -0.759. The molecule has 142 valence electrons. The number of rotatable bonds is 1. The van der Waals surface area contributed by atoms with E-state index >= 15 is 0 Å². The Labute approximate surface area is 168 Å². The second kappa shape index (κ2) is 5.88. The van der Waals surface area contributed by atoms with Gasteiger partial charge in [0.25, 0.3) is 5.91 Å². The van der Waals surface area contributed by atoms with Crippen LogP contribution in [0.25, 0.3) is 0 Å². The maximum atomic E-state index is 13.3. The highest BCUT2D eigenvalue weighted by molar-refractivity contribution is 6.31. The van der Waals surface area contributed by atoms with Gasteiger partial charge < -0.3 is 5.32 Å². The van der Waals surface area contributed by atoms with E-state index in [9.17, 15) is 14.4 Å². The Morgan fingerprint density at radius 3 is 2.10 bits per heavy atom. The number of carbonyl (C=O) groups is 3. The molecule has 2 aliphatic rings. The standard InChI is InChI=1S/C24H18N2O3/c1-24(2)25-20-18(26(24)23(29)14-8-4-3-5-9-14)13-12-17-19(20)22(28)16-11-7-6-10-15(16)21(17)27/h3-13,25H,1-2H3. The number of nitrogens with one attached hydrogen (secondary N) is 1. The summed E-state index contributed by atoms with van der Waals surface area (Å²) in [6.07, 6.45) is 0. The van der Waals surface area contributed by atoms with Crippen molar-refractivity contribution in [1.82, 2.24) is 0 Å². The Morgan fingerprint density at radius 2 is 1.41 bits per heavy atom. The van der Waals surface area contributed by atoms with Crippen LogP contribution in [0.15, 0.2) is 66.7 Å². The summed E-state index contributed by atoms with van der Waals surface area (Å²) < 4.78 is 0. The molecule has 0 saturated carbocycles. The average molecular weight is 382 g/mol. The van der Waals surface area contributed by atoms with Gasteiger partial charge in [0.2, 0.25) is 0 Å². The highest BCUT2D eigenvalue weighted by atomic mass is 16.2. The summed E-state index contributed by atoms with van der Waals surface area (Å²) in [5, 5.41) is 3.32. The van der Waals surface area contributed by atoms with Crippen molar-refractivity contribution in [1.29, 1.82) is 0 Å². The van der Waals surface area contributed by atoms with Gasteiger partial charge in [-0.2, -0.15) is 0 Å². The van der Waals surface area contributed by atoms with Crippen LogP contribution in [0.4, 0.5) is 11.4 Å². The lowest BCUT2D eigenvalue weighted by Crippen LogP contribution is -2.49. The third kappa shape index (κ3) is 2.37. The van der Waals surface area contributed by atoms with E-state index in [1.54, 1.807) is 53.4 Å². The van der Waals surface area contributed by atoms with E-state index in [1.807, 2.05) is 32.0 Å². The number of carbonyl (C=O) groups excluding carboxylic acids is 3. The molecule has 0 unspecified atom stereocenters. The zero-order valence-electron chi connectivity index (χ0n) is 16.0. The first-order valence-electron chi connectivity index (χ1n) is 9.43. The maximum absolute atomic E-state index is 13.3. The number of hydrogen-bond acceptors (Lipinski definition) is 4. The molecule has 1 amide bonds. The molecule has 0 bridgehead atoms. The molecule has 3 aromatic rings. The van der Waals surface area contributed by atoms with E-state index in [-0.39, 0.29) is 17.5 Å². The number of amides is 1. The lowest BCUT2D eigenvalue weighted by Gasteiger charge is -2.32. The summed E-state index contributed by atoms with van der Waals surface area (Å²) >= 11 is 0. The Kier molecular flexibility index (Phi) is 3.52. The van der Waals surface area contributed by atoms with E-state index in [4.69, 9.17) is 0 Å². The van der Waals surface area contributed by atoms with Gasteiger partial charge in [0.05, 0.1) is 16.9 Å². The van der Waals surface area contributed by atoms with Crippen molar-refractivity contribution in [2.45, 2.75) is 19.5 Å². The van der Waals surface area contributed by atoms with E-state index in [0.29, 0.717) is 39.2 Å². The Morgan fingerprint density at radius 1 is 0.793 bits per heavy atom. The fourth-order valence-electron chi connectivity index (χ4n) is 4.22. The highest BCUT2D eigenvalue weighted by Gasteiger charge is 2.44. The Hall–Kier alpha value is -3.73. The van der Waals surface area contributed by atoms with Crippen molar-refractivity contribution in [2.75, 3.05) is 10.2 Å². The van der Waals surface area contributed by atoms with Crippen LogP contribution in [0.1, 0.15) is 56.0 Å². The molecule has 3 aromatic carbocycles. The lowest BCUT2D eigenvalue weighted by molar-refractivity contribution is 0.0969. The zero-order chi connectivity index (χ0) is 20.3. The van der Waals surface area contributed by atoms with Crippen molar-refractivity contribution in [3.63, 3.8) is 0 Å². The predicted octanol–water partition coefficient (Wildman–Crippen LogP) is 4.27. The van der Waals surface area contributed by atoms with E-state index in [0.717, 1.165) is 0 Å². The predicted molar refractivity (Wildman–Crippen MR) is 111 cm³/mol. The molecule has 1 aliphatic carbocycles. The van der Waals surface area contributed by atoms with Crippen LogP contribution in [0.2, 0.25) is 0 Å². The molecule has 1 aliphatic heterocycles. The van der Waals surface area contributed by atoms with Gasteiger partial charge in [-0.3, -0.25) is 19.3 Å². The highest BCUT2D eigenvalue weighted by Crippen LogP contribution is 2.46. The molecule has 0 atom stereocenters. The van der Waals surface area contributed by atoms with E-state index in [2.05, 4.69) is 5.32 Å². The van der Waals surface area contributed by atoms with Crippen molar-refractivity contribution < 1.29 is 14.4 Å². The number of hydrogen-bond donors (Lipinski definition) is 1. The van der Waals surface area contributed by atoms with Gasteiger partial charge in [-0.05, 0) is 38.1 Å². The molecule has 1 heterocycles. The quantitative estimate of drug-likeness (QED) is 0.534. The van der Waals surface area contributed by atoms with Crippen molar-refractivity contribution in [2.24, 2.45) is 0 Å². The van der Waals surface area contributed by atoms with Crippen LogP contribution in [0.3, 0.4) is 0 Å². The molecule has 0 radical (unpaired) electrons. The van der Waals surface area contributed by atoms with Crippen LogP contribution in [-0.2, 0) is 0 Å². The maximum Gasteiger partial charge on any atom is 0.260 e. The summed E-state index contributed by atoms with van der Waals surface area (Å²) in [6.45, 7) is 3.76. The fraction of sp³-hybridized carbons (Fsp3) is 0.125. The number of benzene rings is 3. The molecule has 1 N–H and O–H groups in total. The van der Waals surface area contributed by atoms with Gasteiger partial charge in [0.15, 0.2) is 11.6 Å². The van der Waals surface area contributed by atoms with Gasteiger partial charge >= 0.3 is 0 Å². The fourth-order valence-corrected chi connectivity index (χ4v) is 4.22. The van der Waals surface area contributed by atoms with Gasteiger partial charge in [-0.15, -0.1) is 0 Å². The molecule has 0 saturated heterocycles. The van der Waals surface area contributed by atoms with Gasteiger partial charge in [-0.25, -0.2) is 0 Å². The van der Waals surface area contributed by atoms with Gasteiger partial charge in [0.1, 0.15) is 5.66 Å². The molecule has 5 rings (SSSR count). The topological polar surface area (TPSA) is 66.5 Å². The summed E-state index contributed by atoms with van der Waals surface area (Å²) in [4.78, 5) is 41.2. The first-order chi connectivity index (χ1) is 13.9. The monoisotopic (exact) mass is 382 g/mol. The number of anilines is 2. The zero-order valence-corrected chi connectivity index (χ0v) is 16.0. The Bertz CT molecular complexity index is 1210. The van der Waals surface area contributed by atoms with Crippen LogP contribution < -0.4 is 10.2 Å². The lowest BCUT2D eigenvalue weighted by atomic mass is 9.83. The van der Waals surface area contributed by atoms with Crippen LogP contribution in [0.5, 0.6) is 0 Å². The second-order valence-electron chi connectivity index (χ2n) is 7.78. The summed E-state index contributed by atoms with van der Waals surface area (Å²) in [6, 6.07) is 19.3. The second-order valence-corrected chi connectivity index (χ2v) is 7.78. The first-order valence-corrected chi connectivity index (χ1v) is 9.43. The number of ketones is 2. The van der Waals surface area contributed by atoms with Crippen LogP contribution in [-0.4, -0.2) is 23.1 Å². The largest absolute Gasteiger partial charge is 0.360 e. The number of nitrogens with zero attached hydrogens (tertiary/aromatic N) is 1. The molecule has 5 heteroatoms. The van der Waals surface area contributed by atoms with E-state index < -0.39 is 5.66 Å². The third-order valence-electron chi connectivity index (χ3n) is 5.53. The molecule has 0 fully saturated rings. The normalized spacial score (nSPS) is 16.0. The van der Waals surface area contributed by atoms with Gasteiger partial charge in [-0.1, -0.05) is 42.5 Å². The summed E-state index contributed by atoms with van der Waals surface area (Å²) in [5.41, 5.74) is 2.44. The van der Waals surface area contributed by atoms with Crippen LogP contribution >= 0.6 is 0 Å². The molecular formula is C24H18N2O3.